The summed E-state index contributed by atoms with van der Waals surface area (Å²) in [4.78, 5) is 2.48. The largest absolute Gasteiger partial charge is 0.384 e. The number of hydrogen-bond donors (Lipinski definition) is 1. The van der Waals surface area contributed by atoms with Gasteiger partial charge in [-0.3, -0.25) is 4.40 Å². The number of nitrogens with two attached hydrogens (primary N) is 1. The predicted molar refractivity (Wildman–Crippen MR) is 72.4 cm³/mol. The zero-order valence-corrected chi connectivity index (χ0v) is 10.6. The monoisotopic (exact) mass is 248 g/mol. The Hall–Kier alpha value is -1.26. The van der Waals surface area contributed by atoms with E-state index in [-0.39, 0.29) is 0 Å². The van der Waals surface area contributed by atoms with Gasteiger partial charge in [-0.25, -0.2) is 0 Å². The minimum Gasteiger partial charge on any atom is -0.384 e. The molecular formula is C12H12N2S2. The highest BCUT2D eigenvalue weighted by atomic mass is 32.1. The minimum atomic E-state index is 0.871. The number of nitrogens with zero attached hydrogens (tertiary/aromatic N) is 1. The first-order valence-electron chi connectivity index (χ1n) is 5.22. The average Bonchev–Trinajstić information content (AvgIpc) is 2.96. The number of rotatable bonds is 2. The standard InChI is InChI=1S/C12H12N2S2/c1-2-8-7-16-11-6-9(12(13)14(8)11)10-4-3-5-15-10/h3-7H,2,13H2,1H3. The summed E-state index contributed by atoms with van der Waals surface area (Å²) >= 11 is 3.49. The molecule has 82 valence electrons. The van der Waals surface area contributed by atoms with Crippen LogP contribution in [0.3, 0.4) is 0 Å². The van der Waals surface area contributed by atoms with E-state index in [1.807, 2.05) is 0 Å². The molecule has 0 radical (unpaired) electrons. The molecule has 0 aliphatic rings. The summed E-state index contributed by atoms with van der Waals surface area (Å²) in [6.07, 6.45) is 1.02. The van der Waals surface area contributed by atoms with E-state index >= 15 is 0 Å². The van der Waals surface area contributed by atoms with E-state index in [9.17, 15) is 0 Å². The summed E-state index contributed by atoms with van der Waals surface area (Å²) in [5.41, 5.74) is 8.68. The van der Waals surface area contributed by atoms with Crippen molar-refractivity contribution in [3.8, 4) is 10.4 Å². The van der Waals surface area contributed by atoms with Crippen molar-refractivity contribution in [2.45, 2.75) is 13.3 Å². The fourth-order valence-corrected chi connectivity index (χ4v) is 3.72. The van der Waals surface area contributed by atoms with Crippen LogP contribution in [0.25, 0.3) is 15.3 Å². The zero-order valence-electron chi connectivity index (χ0n) is 8.93. The second kappa shape index (κ2) is 3.64. The third-order valence-corrected chi connectivity index (χ3v) is 4.59. The van der Waals surface area contributed by atoms with Gasteiger partial charge < -0.3 is 5.73 Å². The zero-order chi connectivity index (χ0) is 11.1. The Morgan fingerprint density at radius 3 is 2.94 bits per heavy atom. The van der Waals surface area contributed by atoms with E-state index in [1.54, 1.807) is 22.7 Å². The Bertz CT molecular complexity index is 617. The molecule has 0 fully saturated rings. The minimum absolute atomic E-state index is 0.871. The molecule has 0 aliphatic heterocycles. The fourth-order valence-electron chi connectivity index (χ4n) is 1.94. The van der Waals surface area contributed by atoms with Crippen LogP contribution in [-0.4, -0.2) is 4.40 Å². The molecule has 0 saturated heterocycles. The molecule has 0 aliphatic carbocycles. The van der Waals surface area contributed by atoms with Crippen molar-refractivity contribution in [1.82, 2.24) is 4.40 Å². The number of thiophene rings is 1. The summed E-state index contributed by atoms with van der Waals surface area (Å²) in [6.45, 7) is 2.16. The van der Waals surface area contributed by atoms with Gasteiger partial charge in [0.05, 0.1) is 0 Å². The summed E-state index contributed by atoms with van der Waals surface area (Å²) in [5.74, 6) is 0.871. The number of anilines is 1. The van der Waals surface area contributed by atoms with Crippen LogP contribution in [0.4, 0.5) is 5.82 Å². The van der Waals surface area contributed by atoms with Crippen molar-refractivity contribution in [3.05, 3.63) is 34.7 Å². The Morgan fingerprint density at radius 1 is 1.38 bits per heavy atom. The van der Waals surface area contributed by atoms with Gasteiger partial charge >= 0.3 is 0 Å². The van der Waals surface area contributed by atoms with Gasteiger partial charge in [-0.2, -0.15) is 0 Å². The van der Waals surface area contributed by atoms with Gasteiger partial charge in [-0.05, 0) is 23.9 Å². The van der Waals surface area contributed by atoms with Crippen LogP contribution in [0, 0.1) is 0 Å². The van der Waals surface area contributed by atoms with Crippen molar-refractivity contribution in [2.24, 2.45) is 0 Å². The number of thiazole rings is 1. The molecule has 2 N–H and O–H groups in total. The lowest BCUT2D eigenvalue weighted by Crippen LogP contribution is -1.96. The lowest BCUT2D eigenvalue weighted by molar-refractivity contribution is 1.01. The molecule has 0 amide bonds. The molecule has 0 spiro atoms. The summed E-state index contributed by atoms with van der Waals surface area (Å²) in [7, 11) is 0. The normalized spacial score (nSPS) is 11.3. The topological polar surface area (TPSA) is 30.4 Å². The molecule has 3 aromatic rings. The molecule has 0 aromatic carbocycles. The van der Waals surface area contributed by atoms with Gasteiger partial charge in [-0.1, -0.05) is 13.0 Å². The maximum Gasteiger partial charge on any atom is 0.117 e. The van der Waals surface area contributed by atoms with Crippen LogP contribution in [0.2, 0.25) is 0 Å². The Labute approximate surface area is 102 Å². The highest BCUT2D eigenvalue weighted by Gasteiger charge is 2.13. The van der Waals surface area contributed by atoms with Crippen LogP contribution < -0.4 is 5.73 Å². The van der Waals surface area contributed by atoms with Gasteiger partial charge in [-0.15, -0.1) is 22.7 Å². The molecule has 0 unspecified atom stereocenters. The quantitative estimate of drug-likeness (QED) is 0.733. The first kappa shape index (κ1) is 9.93. The molecule has 2 nitrogen and oxygen atoms in total. The summed E-state index contributed by atoms with van der Waals surface area (Å²) < 4.78 is 2.17. The van der Waals surface area contributed by atoms with Gasteiger partial charge in [0.1, 0.15) is 10.6 Å². The molecule has 3 heterocycles. The predicted octanol–water partition coefficient (Wildman–Crippen LogP) is 3.87. The second-order valence-electron chi connectivity index (χ2n) is 3.67. The van der Waals surface area contributed by atoms with Crippen molar-refractivity contribution in [2.75, 3.05) is 5.73 Å². The van der Waals surface area contributed by atoms with E-state index in [1.165, 1.54) is 15.4 Å². The smallest absolute Gasteiger partial charge is 0.117 e. The summed E-state index contributed by atoms with van der Waals surface area (Å²) in [5, 5.41) is 4.27. The maximum absolute atomic E-state index is 6.23. The lowest BCUT2D eigenvalue weighted by atomic mass is 10.2. The molecule has 0 bridgehead atoms. The third kappa shape index (κ3) is 1.30. The average molecular weight is 248 g/mol. The third-order valence-electron chi connectivity index (χ3n) is 2.76. The van der Waals surface area contributed by atoms with Crippen molar-refractivity contribution < 1.29 is 0 Å². The van der Waals surface area contributed by atoms with Gasteiger partial charge in [0.15, 0.2) is 0 Å². The maximum atomic E-state index is 6.23. The van der Waals surface area contributed by atoms with Crippen LogP contribution in [0.5, 0.6) is 0 Å². The Balaban J connectivity index is 2.28. The van der Waals surface area contributed by atoms with E-state index < -0.39 is 0 Å². The number of hydrogen-bond acceptors (Lipinski definition) is 3. The molecule has 0 saturated carbocycles. The molecule has 0 atom stereocenters. The van der Waals surface area contributed by atoms with Crippen molar-refractivity contribution >= 4 is 33.3 Å². The molecule has 4 heteroatoms. The number of nitrogen functional groups attached to an aromatic ring is 1. The number of aromatic nitrogens is 1. The Kier molecular flexibility index (Phi) is 2.26. The van der Waals surface area contributed by atoms with Crippen LogP contribution in [0.1, 0.15) is 12.6 Å². The van der Waals surface area contributed by atoms with Gasteiger partial charge in [0.25, 0.3) is 0 Å². The van der Waals surface area contributed by atoms with Crippen molar-refractivity contribution in [1.29, 1.82) is 0 Å². The van der Waals surface area contributed by atoms with Gasteiger partial charge in [0.2, 0.25) is 0 Å². The molecule has 3 rings (SSSR count). The highest BCUT2D eigenvalue weighted by Crippen LogP contribution is 2.35. The van der Waals surface area contributed by atoms with Crippen LogP contribution in [-0.2, 0) is 6.42 Å². The first-order chi connectivity index (χ1) is 7.81. The molecule has 3 aromatic heterocycles. The van der Waals surface area contributed by atoms with E-state index in [4.69, 9.17) is 5.73 Å². The summed E-state index contributed by atoms with van der Waals surface area (Å²) in [6, 6.07) is 6.36. The van der Waals surface area contributed by atoms with Crippen LogP contribution in [0.15, 0.2) is 29.0 Å². The molecular weight excluding hydrogens is 236 g/mol. The van der Waals surface area contributed by atoms with Gasteiger partial charge in [0, 0.05) is 21.5 Å². The van der Waals surface area contributed by atoms with E-state index in [0.29, 0.717) is 0 Å². The van der Waals surface area contributed by atoms with Crippen LogP contribution >= 0.6 is 22.7 Å². The highest BCUT2D eigenvalue weighted by molar-refractivity contribution is 7.16. The number of aryl methyl sites for hydroxylation is 1. The first-order valence-corrected chi connectivity index (χ1v) is 6.98. The fraction of sp³-hybridized carbons (Fsp3) is 0.167. The SMILES string of the molecule is CCc1csc2cc(-c3cccs3)c(N)n12. The van der Waals surface area contributed by atoms with E-state index in [2.05, 4.69) is 40.3 Å². The van der Waals surface area contributed by atoms with Crippen molar-refractivity contribution in [3.63, 3.8) is 0 Å². The molecule has 16 heavy (non-hydrogen) atoms. The number of fused-ring (bicyclic) bond motifs is 1. The Morgan fingerprint density at radius 2 is 2.25 bits per heavy atom. The van der Waals surface area contributed by atoms with E-state index in [0.717, 1.165) is 17.8 Å². The second-order valence-corrected chi connectivity index (χ2v) is 5.51. The lowest BCUT2D eigenvalue weighted by Gasteiger charge is -2.00.